The molecule has 45 heavy (non-hydrogen) atoms. The number of rotatable bonds is 3. The minimum atomic E-state index is -1.78. The Kier molecular flexibility index (Phi) is 15.4. The molecule has 0 aliphatic rings. The number of carbonyl (C=O) groups is 1. The van der Waals surface area contributed by atoms with Crippen molar-refractivity contribution >= 4 is 134 Å². The van der Waals surface area contributed by atoms with E-state index < -0.39 is 16.2 Å². The Hall–Kier alpha value is -1.19. The zero-order chi connectivity index (χ0) is 34.2. The first-order valence-corrected chi connectivity index (χ1v) is 16.0. The number of alkyl halides is 11. The molecule has 4 rings (SSSR count). The van der Waals surface area contributed by atoms with Gasteiger partial charge in [-0.15, -0.1) is 23.2 Å². The molecule has 0 atom stereocenters. The number of hydrogen-bond donors (Lipinski definition) is 0. The van der Waals surface area contributed by atoms with Crippen LogP contribution < -0.4 is 0 Å². The van der Waals surface area contributed by atoms with Gasteiger partial charge in [-0.25, -0.2) is 29.9 Å². The molecule has 0 N–H and O–H groups in total. The Labute approximate surface area is 313 Å². The number of carbonyl (C=O) groups excluding carboxylic acids is 1. The molecule has 0 radical (unpaired) electrons. The molecular weight excluding hydrogens is 816 g/mol. The fourth-order valence-electron chi connectivity index (χ4n) is 2.89. The van der Waals surface area contributed by atoms with Crippen LogP contribution in [0.4, 0.5) is 0 Å². The van der Waals surface area contributed by atoms with Crippen molar-refractivity contribution in [3.8, 4) is 17.5 Å². The molecule has 2 aromatic heterocycles. The van der Waals surface area contributed by atoms with Crippen LogP contribution in [-0.2, 0) is 11.4 Å². The van der Waals surface area contributed by atoms with Gasteiger partial charge in [-0.05, 0) is 31.5 Å². The second kappa shape index (κ2) is 17.3. The van der Waals surface area contributed by atoms with E-state index in [1.807, 2.05) is 6.07 Å². The van der Waals surface area contributed by atoms with Gasteiger partial charge in [-0.2, -0.15) is 5.26 Å². The summed E-state index contributed by atoms with van der Waals surface area (Å²) in [5.41, 5.74) is 2.71. The zero-order valence-electron chi connectivity index (χ0n) is 22.5. The lowest BCUT2D eigenvalue weighted by Crippen LogP contribution is -2.16. The summed E-state index contributed by atoms with van der Waals surface area (Å²) in [7, 11) is 0. The van der Waals surface area contributed by atoms with Crippen molar-refractivity contribution in [2.75, 3.05) is 0 Å². The van der Waals surface area contributed by atoms with Crippen molar-refractivity contribution in [1.29, 1.82) is 5.26 Å². The molecule has 0 saturated heterocycles. The molecule has 0 spiro atoms. The summed E-state index contributed by atoms with van der Waals surface area (Å²) in [6.45, 7) is 3.27. The number of nitriles is 1. The maximum absolute atomic E-state index is 10.1. The summed E-state index contributed by atoms with van der Waals surface area (Å²) in [6.07, 6.45) is 0.751. The number of aryl methyl sites for hydroxylation is 2. The Balaban J connectivity index is 0.000000249. The Morgan fingerprint density at radius 2 is 1.07 bits per heavy atom. The first-order valence-electron chi connectivity index (χ1n) is 11.7. The topological polar surface area (TPSA) is 118 Å². The monoisotopic (exact) mass is 827 g/mol. The van der Waals surface area contributed by atoms with Gasteiger partial charge in [0.1, 0.15) is 22.8 Å². The number of nitrogens with zero attached hydrogens (tertiary/aromatic N) is 7. The zero-order valence-corrected chi connectivity index (χ0v) is 30.8. The molecule has 0 unspecified atom stereocenters. The number of hydrogen-bond acceptors (Lipinski definition) is 8. The van der Waals surface area contributed by atoms with Crippen molar-refractivity contribution in [3.63, 3.8) is 0 Å². The van der Waals surface area contributed by atoms with Crippen LogP contribution in [0.25, 0.3) is 11.4 Å². The highest BCUT2D eigenvalue weighted by Gasteiger charge is 2.33. The summed E-state index contributed by atoms with van der Waals surface area (Å²) < 4.78 is -5.25. The number of aldehydes is 1. The molecule has 0 amide bonds. The van der Waals surface area contributed by atoms with E-state index in [-0.39, 0.29) is 17.5 Å². The second-order valence-electron chi connectivity index (χ2n) is 8.33. The van der Waals surface area contributed by atoms with E-state index in [2.05, 4.69) is 29.9 Å². The summed E-state index contributed by atoms with van der Waals surface area (Å²) in [6, 6.07) is 15.6. The third-order valence-corrected chi connectivity index (χ3v) is 6.88. The van der Waals surface area contributed by atoms with Crippen LogP contribution in [0.5, 0.6) is 0 Å². The molecule has 0 saturated carbocycles. The largest absolute Gasteiger partial charge is 0.298 e. The van der Waals surface area contributed by atoms with Gasteiger partial charge >= 0.3 is 0 Å². The van der Waals surface area contributed by atoms with Crippen LogP contribution in [0.2, 0.25) is 0 Å². The highest BCUT2D eigenvalue weighted by Crippen LogP contribution is 2.40. The predicted octanol–water partition coefficient (Wildman–Crippen LogP) is 10.4. The van der Waals surface area contributed by atoms with Gasteiger partial charge in [0.05, 0.1) is 11.6 Å². The number of aromatic nitrogens is 6. The number of benzene rings is 2. The average molecular weight is 832 g/mol. The SMILES string of the molecule is Cc1nc(-c2ccc(C(Cl)Cl)cc2)nc(C(Cl)(Cl)Cl)n1.Cc1nc(C(Cl)(Cl)Cl)nc(C(Cl)(Cl)Cl)n1.N#Cc1ccc(C=O)cc1. The molecule has 0 fully saturated rings. The fourth-order valence-corrected chi connectivity index (χ4v) is 3.94. The van der Waals surface area contributed by atoms with E-state index in [1.165, 1.54) is 0 Å². The third-order valence-electron chi connectivity index (χ3n) is 4.85. The van der Waals surface area contributed by atoms with E-state index in [0.29, 0.717) is 28.6 Å². The predicted molar refractivity (Wildman–Crippen MR) is 183 cm³/mol. The molecule has 238 valence electrons. The third kappa shape index (κ3) is 13.4. The molecule has 8 nitrogen and oxygen atoms in total. The first-order chi connectivity index (χ1) is 20.7. The normalized spacial score (nSPS) is 11.5. The minimum Gasteiger partial charge on any atom is -0.298 e. The lowest BCUT2D eigenvalue weighted by atomic mass is 10.1. The van der Waals surface area contributed by atoms with E-state index in [9.17, 15) is 4.79 Å². The maximum atomic E-state index is 10.1. The molecule has 19 heteroatoms. The van der Waals surface area contributed by atoms with Gasteiger partial charge in [0.25, 0.3) is 0 Å². The minimum absolute atomic E-state index is 0.0821. The van der Waals surface area contributed by atoms with Crippen LogP contribution in [-0.4, -0.2) is 36.2 Å². The summed E-state index contributed by atoms with van der Waals surface area (Å²) in [4.78, 5) is 33.4. The van der Waals surface area contributed by atoms with Gasteiger partial charge in [0, 0.05) is 11.1 Å². The Morgan fingerprint density at radius 1 is 0.644 bits per heavy atom. The van der Waals surface area contributed by atoms with Crippen LogP contribution in [0, 0.1) is 25.2 Å². The van der Waals surface area contributed by atoms with Crippen molar-refractivity contribution in [2.24, 2.45) is 0 Å². The van der Waals surface area contributed by atoms with Crippen LogP contribution in [0.15, 0.2) is 48.5 Å². The van der Waals surface area contributed by atoms with Crippen LogP contribution in [0.3, 0.4) is 0 Å². The van der Waals surface area contributed by atoms with E-state index >= 15 is 0 Å². The van der Waals surface area contributed by atoms with E-state index in [0.717, 1.165) is 17.4 Å². The fraction of sp³-hybridized carbons (Fsp3) is 0.231. The van der Waals surface area contributed by atoms with Crippen LogP contribution >= 0.6 is 128 Å². The van der Waals surface area contributed by atoms with Gasteiger partial charge in [0.15, 0.2) is 23.3 Å². The summed E-state index contributed by atoms with van der Waals surface area (Å²) >= 11 is 62.6. The second-order valence-corrected chi connectivity index (χ2v) is 16.3. The van der Waals surface area contributed by atoms with E-state index in [4.69, 9.17) is 133 Å². The smallest absolute Gasteiger partial charge is 0.250 e. The molecule has 0 bridgehead atoms. The lowest BCUT2D eigenvalue weighted by Gasteiger charge is -2.14. The van der Waals surface area contributed by atoms with Gasteiger partial charge < -0.3 is 0 Å². The molecule has 4 aromatic rings. The van der Waals surface area contributed by atoms with Crippen LogP contribution in [0.1, 0.15) is 55.4 Å². The van der Waals surface area contributed by atoms with Gasteiger partial charge in [-0.3, -0.25) is 4.79 Å². The molecule has 0 aliphatic heterocycles. The molecule has 0 aliphatic carbocycles. The maximum Gasteiger partial charge on any atom is 0.250 e. The van der Waals surface area contributed by atoms with Crippen molar-refractivity contribution < 1.29 is 4.79 Å². The van der Waals surface area contributed by atoms with E-state index in [1.54, 1.807) is 62.4 Å². The van der Waals surface area contributed by atoms with Crippen molar-refractivity contribution in [3.05, 3.63) is 94.3 Å². The quantitative estimate of drug-likeness (QED) is 0.148. The number of halogens is 11. The lowest BCUT2D eigenvalue weighted by molar-refractivity contribution is 0.112. The highest BCUT2D eigenvalue weighted by atomic mass is 35.6. The van der Waals surface area contributed by atoms with Gasteiger partial charge in [0.2, 0.25) is 11.4 Å². The first kappa shape index (κ1) is 40.0. The Morgan fingerprint density at radius 3 is 1.44 bits per heavy atom. The molecule has 2 heterocycles. The molecular formula is C26H16Cl11N7O. The summed E-state index contributed by atoms with van der Waals surface area (Å²) in [5.74, 6) is 1.11. The van der Waals surface area contributed by atoms with Gasteiger partial charge in [-0.1, -0.05) is 141 Å². The standard InChI is InChI=1S/C12H8Cl5N3.C8H5NO.C6H3Cl6N3/c1-6-18-10(20-11(19-6)12(15,16)17)8-4-2-7(3-5-8)9(13)14;9-5-7-1-3-8(6-10)4-2-7;1-2-13-3(5(7,8)9)15-4(14-2)6(10,11)12/h2-5,9H,1H3;1-4,6H;1H3. The van der Waals surface area contributed by atoms with Crippen molar-refractivity contribution in [1.82, 2.24) is 29.9 Å². The van der Waals surface area contributed by atoms with Crippen molar-refractivity contribution in [2.45, 2.75) is 30.1 Å². The Bertz CT molecular complexity index is 1600. The summed E-state index contributed by atoms with van der Waals surface area (Å²) in [5, 5.41) is 8.36. The highest BCUT2D eigenvalue weighted by molar-refractivity contribution is 6.67. The average Bonchev–Trinajstić information content (AvgIpc) is 2.96. The molecule has 2 aromatic carbocycles.